The predicted molar refractivity (Wildman–Crippen MR) is 182 cm³/mol. The molecular formula is C36H39ClFN3O5S. The summed E-state index contributed by atoms with van der Waals surface area (Å²) < 4.78 is 48.9. The molecule has 47 heavy (non-hydrogen) atoms. The molecule has 1 N–H and O–H groups in total. The van der Waals surface area contributed by atoms with Crippen LogP contribution in [0.5, 0.6) is 5.75 Å². The lowest BCUT2D eigenvalue weighted by atomic mass is 10.0. The quantitative estimate of drug-likeness (QED) is 0.183. The molecule has 0 fully saturated rings. The van der Waals surface area contributed by atoms with Crippen LogP contribution in [0.4, 0.5) is 10.1 Å². The molecule has 1 atom stereocenters. The second-order valence-corrected chi connectivity index (χ2v) is 14.5. The first-order valence-corrected chi connectivity index (χ1v) is 16.8. The lowest BCUT2D eigenvalue weighted by molar-refractivity contribution is -0.140. The number of hydrogen-bond acceptors (Lipinski definition) is 5. The summed E-state index contributed by atoms with van der Waals surface area (Å²) in [5.41, 5.74) is 1.61. The Kier molecular flexibility index (Phi) is 11.3. The zero-order valence-electron chi connectivity index (χ0n) is 27.0. The van der Waals surface area contributed by atoms with E-state index < -0.39 is 45.8 Å². The number of nitrogens with one attached hydrogen (secondary N) is 1. The molecule has 4 aromatic rings. The largest absolute Gasteiger partial charge is 0.495 e. The van der Waals surface area contributed by atoms with Crippen molar-refractivity contribution in [1.82, 2.24) is 10.2 Å². The number of hydrogen-bond donors (Lipinski definition) is 1. The van der Waals surface area contributed by atoms with E-state index in [1.165, 1.54) is 60.5 Å². The molecular weight excluding hydrogens is 641 g/mol. The number of ether oxygens (including phenoxy) is 1. The summed E-state index contributed by atoms with van der Waals surface area (Å²) in [6, 6.07) is 24.5. The molecule has 11 heteroatoms. The fourth-order valence-corrected chi connectivity index (χ4v) is 6.59. The minimum absolute atomic E-state index is 0.0469. The van der Waals surface area contributed by atoms with Gasteiger partial charge in [-0.25, -0.2) is 12.8 Å². The third-order valence-corrected chi connectivity index (χ3v) is 9.34. The Morgan fingerprint density at radius 1 is 0.915 bits per heavy atom. The fourth-order valence-electron chi connectivity index (χ4n) is 5.00. The summed E-state index contributed by atoms with van der Waals surface area (Å²) in [6.07, 6.45) is 0.140. The molecule has 0 spiro atoms. The number of halogens is 2. The van der Waals surface area contributed by atoms with E-state index in [0.717, 1.165) is 15.4 Å². The molecule has 0 aromatic heterocycles. The molecule has 0 unspecified atom stereocenters. The van der Waals surface area contributed by atoms with Crippen LogP contribution in [-0.2, 0) is 32.6 Å². The Morgan fingerprint density at radius 2 is 1.55 bits per heavy atom. The van der Waals surface area contributed by atoms with Gasteiger partial charge in [0.15, 0.2) is 0 Å². The maximum atomic E-state index is 14.6. The first kappa shape index (κ1) is 35.4. The summed E-state index contributed by atoms with van der Waals surface area (Å²) in [5, 5.41) is 3.21. The van der Waals surface area contributed by atoms with E-state index >= 15 is 0 Å². The number of rotatable bonds is 12. The average molecular weight is 680 g/mol. The van der Waals surface area contributed by atoms with E-state index in [-0.39, 0.29) is 34.3 Å². The van der Waals surface area contributed by atoms with Gasteiger partial charge in [-0.05, 0) is 81.3 Å². The summed E-state index contributed by atoms with van der Waals surface area (Å²) >= 11 is 6.34. The van der Waals surface area contributed by atoms with Crippen LogP contribution < -0.4 is 14.4 Å². The molecule has 0 aliphatic rings. The molecule has 8 nitrogen and oxygen atoms in total. The van der Waals surface area contributed by atoms with Crippen molar-refractivity contribution in [2.75, 3.05) is 18.0 Å². The SMILES string of the molecule is COc1ccc(Cl)cc1N(CC(=O)N(Cc1ccc(F)cc1)[C@H](Cc1ccccc1)C(=O)NC(C)(C)C)S(=O)(=O)c1ccc(C)cc1. The van der Waals surface area contributed by atoms with Crippen LogP contribution in [0.25, 0.3) is 0 Å². The van der Waals surface area contributed by atoms with Gasteiger partial charge in [0.25, 0.3) is 10.0 Å². The molecule has 0 aliphatic heterocycles. The Balaban J connectivity index is 1.86. The van der Waals surface area contributed by atoms with Gasteiger partial charge in [-0.2, -0.15) is 0 Å². The van der Waals surface area contributed by atoms with E-state index in [4.69, 9.17) is 16.3 Å². The van der Waals surface area contributed by atoms with E-state index in [9.17, 15) is 22.4 Å². The molecule has 0 heterocycles. The van der Waals surface area contributed by atoms with Crippen LogP contribution in [-0.4, -0.2) is 50.4 Å². The van der Waals surface area contributed by atoms with Crippen LogP contribution in [0.1, 0.15) is 37.5 Å². The van der Waals surface area contributed by atoms with Gasteiger partial charge in [-0.3, -0.25) is 13.9 Å². The van der Waals surface area contributed by atoms with Gasteiger partial charge in [0.1, 0.15) is 24.2 Å². The average Bonchev–Trinajstić information content (AvgIpc) is 3.02. The van der Waals surface area contributed by atoms with Crippen molar-refractivity contribution in [1.29, 1.82) is 0 Å². The van der Waals surface area contributed by atoms with Gasteiger partial charge in [0.2, 0.25) is 11.8 Å². The third kappa shape index (κ3) is 9.33. The maximum absolute atomic E-state index is 14.6. The molecule has 0 bridgehead atoms. The maximum Gasteiger partial charge on any atom is 0.264 e. The molecule has 4 rings (SSSR count). The highest BCUT2D eigenvalue weighted by molar-refractivity contribution is 7.92. The lowest BCUT2D eigenvalue weighted by Gasteiger charge is -2.35. The number of anilines is 1. The zero-order chi connectivity index (χ0) is 34.4. The number of methoxy groups -OCH3 is 1. The topological polar surface area (TPSA) is 96.0 Å². The van der Waals surface area contributed by atoms with Crippen LogP contribution >= 0.6 is 11.6 Å². The van der Waals surface area contributed by atoms with Gasteiger partial charge in [0.05, 0.1) is 17.7 Å². The smallest absolute Gasteiger partial charge is 0.264 e. The minimum Gasteiger partial charge on any atom is -0.495 e. The number of carbonyl (C=O) groups excluding carboxylic acids is 2. The highest BCUT2D eigenvalue weighted by Gasteiger charge is 2.36. The van der Waals surface area contributed by atoms with Crippen LogP contribution in [0.2, 0.25) is 5.02 Å². The molecule has 0 saturated heterocycles. The Bertz CT molecular complexity index is 1800. The van der Waals surface area contributed by atoms with E-state index in [0.29, 0.717) is 5.56 Å². The standard InChI is InChI=1S/C36H39ClFN3O5S/c1-25-11-18-30(19-12-25)47(44,45)41(31-22-28(37)15-20-33(31)46-5)24-34(42)40(23-27-13-16-29(38)17-14-27)32(35(43)39-36(2,3)4)21-26-9-7-6-8-10-26/h6-20,22,32H,21,23-24H2,1-5H3,(H,39,43)/t32-/m1/s1. The van der Waals surface area contributed by atoms with E-state index in [2.05, 4.69) is 5.32 Å². The molecule has 2 amide bonds. The Hall–Kier alpha value is -4.41. The van der Waals surface area contributed by atoms with Gasteiger partial charge < -0.3 is 15.0 Å². The highest BCUT2D eigenvalue weighted by Crippen LogP contribution is 2.35. The monoisotopic (exact) mass is 679 g/mol. The number of sulfonamides is 1. The van der Waals surface area contributed by atoms with Crippen molar-refractivity contribution in [3.8, 4) is 5.75 Å². The van der Waals surface area contributed by atoms with Crippen molar-refractivity contribution >= 4 is 39.1 Å². The first-order chi connectivity index (χ1) is 22.2. The minimum atomic E-state index is -4.36. The van der Waals surface area contributed by atoms with E-state index in [1.54, 1.807) is 18.2 Å². The van der Waals surface area contributed by atoms with Gasteiger partial charge in [0, 0.05) is 23.5 Å². The summed E-state index contributed by atoms with van der Waals surface area (Å²) in [5.74, 6) is -1.38. The van der Waals surface area contributed by atoms with E-state index in [1.807, 2.05) is 58.0 Å². The predicted octanol–water partition coefficient (Wildman–Crippen LogP) is 6.55. The van der Waals surface area contributed by atoms with Crippen LogP contribution in [0, 0.1) is 12.7 Å². The van der Waals surface area contributed by atoms with Gasteiger partial charge in [-0.1, -0.05) is 71.8 Å². The molecule has 0 saturated carbocycles. The number of benzene rings is 4. The molecule has 0 aliphatic carbocycles. The van der Waals surface area contributed by atoms with Crippen molar-refractivity contribution in [3.63, 3.8) is 0 Å². The summed E-state index contributed by atoms with van der Waals surface area (Å²) in [7, 11) is -2.98. The second kappa shape index (κ2) is 15.0. The van der Waals surface area contributed by atoms with Crippen LogP contribution in [0.3, 0.4) is 0 Å². The lowest BCUT2D eigenvalue weighted by Crippen LogP contribution is -2.56. The summed E-state index contributed by atoms with van der Waals surface area (Å²) in [6.45, 7) is 6.54. The number of carbonyl (C=O) groups is 2. The van der Waals surface area contributed by atoms with Crippen molar-refractivity contribution in [2.24, 2.45) is 0 Å². The molecule has 248 valence electrons. The fraction of sp³-hybridized carbons (Fsp3) is 0.278. The normalized spacial score (nSPS) is 12.2. The van der Waals surface area contributed by atoms with Gasteiger partial charge >= 0.3 is 0 Å². The summed E-state index contributed by atoms with van der Waals surface area (Å²) in [4.78, 5) is 29.9. The first-order valence-electron chi connectivity index (χ1n) is 15.0. The molecule has 0 radical (unpaired) electrons. The van der Waals surface area contributed by atoms with Crippen LogP contribution in [0.15, 0.2) is 102 Å². The third-order valence-electron chi connectivity index (χ3n) is 7.33. The number of aryl methyl sites for hydroxylation is 1. The van der Waals surface area contributed by atoms with Crippen molar-refractivity contribution in [2.45, 2.75) is 57.1 Å². The second-order valence-electron chi connectivity index (χ2n) is 12.2. The van der Waals surface area contributed by atoms with Crippen molar-refractivity contribution < 1.29 is 27.1 Å². The number of amides is 2. The molecule has 4 aromatic carbocycles. The van der Waals surface area contributed by atoms with Gasteiger partial charge in [-0.15, -0.1) is 0 Å². The Morgan fingerprint density at radius 3 is 2.15 bits per heavy atom. The zero-order valence-corrected chi connectivity index (χ0v) is 28.6. The number of nitrogens with zero attached hydrogens (tertiary/aromatic N) is 2. The highest BCUT2D eigenvalue weighted by atomic mass is 35.5. The Labute approximate surface area is 281 Å². The van der Waals surface area contributed by atoms with Crippen molar-refractivity contribution in [3.05, 3.63) is 125 Å².